The van der Waals surface area contributed by atoms with Crippen molar-refractivity contribution in [1.82, 2.24) is 0 Å². The number of para-hydroxylation sites is 1. The molecule has 0 unspecified atom stereocenters. The average molecular weight is 385 g/mol. The van der Waals surface area contributed by atoms with Crippen LogP contribution in [0.25, 0.3) is 43.8 Å². The van der Waals surface area contributed by atoms with E-state index in [4.69, 9.17) is 4.42 Å². The molecule has 30 heavy (non-hydrogen) atoms. The molecule has 0 radical (unpaired) electrons. The first-order valence-electron chi connectivity index (χ1n) is 10.1. The van der Waals surface area contributed by atoms with Gasteiger partial charge in [-0.25, -0.2) is 0 Å². The molecule has 0 atom stereocenters. The van der Waals surface area contributed by atoms with Crippen molar-refractivity contribution in [2.24, 2.45) is 0 Å². The number of hydrogen-bond donors (Lipinski definition) is 1. The Balaban J connectivity index is 1.58. The minimum atomic E-state index is 0.890. The molecule has 0 aliphatic carbocycles. The van der Waals surface area contributed by atoms with Gasteiger partial charge in [0.1, 0.15) is 11.2 Å². The number of furan rings is 1. The Bertz CT molecular complexity index is 1510. The quantitative estimate of drug-likeness (QED) is 0.332. The zero-order valence-electron chi connectivity index (χ0n) is 16.3. The van der Waals surface area contributed by atoms with Gasteiger partial charge in [0.25, 0.3) is 0 Å². The van der Waals surface area contributed by atoms with Crippen molar-refractivity contribution >= 4 is 44.1 Å². The smallest absolute Gasteiger partial charge is 0.137 e. The summed E-state index contributed by atoms with van der Waals surface area (Å²) in [4.78, 5) is 0. The van der Waals surface area contributed by atoms with Crippen LogP contribution in [0.3, 0.4) is 0 Å². The highest BCUT2D eigenvalue weighted by Crippen LogP contribution is 2.38. The van der Waals surface area contributed by atoms with Gasteiger partial charge in [0, 0.05) is 11.1 Å². The van der Waals surface area contributed by atoms with E-state index in [0.717, 1.165) is 33.3 Å². The van der Waals surface area contributed by atoms with Gasteiger partial charge in [-0.3, -0.25) is 0 Å². The molecule has 2 heteroatoms. The lowest BCUT2D eigenvalue weighted by Crippen LogP contribution is -1.90. The first kappa shape index (κ1) is 16.9. The first-order valence-corrected chi connectivity index (χ1v) is 10.1. The summed E-state index contributed by atoms with van der Waals surface area (Å²) >= 11 is 0. The van der Waals surface area contributed by atoms with E-state index in [-0.39, 0.29) is 0 Å². The van der Waals surface area contributed by atoms with E-state index in [1.54, 1.807) is 0 Å². The van der Waals surface area contributed by atoms with Gasteiger partial charge >= 0.3 is 0 Å². The minimum Gasteiger partial charge on any atom is -0.456 e. The molecule has 5 aromatic carbocycles. The predicted octanol–water partition coefficient (Wildman–Crippen LogP) is 8.15. The number of rotatable bonds is 3. The molecule has 6 aromatic rings. The van der Waals surface area contributed by atoms with Crippen molar-refractivity contribution in [3.8, 4) is 11.1 Å². The molecular weight excluding hydrogens is 366 g/mol. The molecule has 0 bridgehead atoms. The van der Waals surface area contributed by atoms with Crippen LogP contribution in [0.4, 0.5) is 11.4 Å². The molecule has 0 fully saturated rings. The molecule has 0 amide bonds. The Morgan fingerprint density at radius 2 is 1.37 bits per heavy atom. The summed E-state index contributed by atoms with van der Waals surface area (Å²) < 4.78 is 6.17. The highest BCUT2D eigenvalue weighted by atomic mass is 16.3. The zero-order valence-corrected chi connectivity index (χ0v) is 16.3. The fourth-order valence-electron chi connectivity index (χ4n) is 4.25. The second-order valence-corrected chi connectivity index (χ2v) is 7.51. The van der Waals surface area contributed by atoms with E-state index in [1.807, 2.05) is 30.3 Å². The van der Waals surface area contributed by atoms with E-state index in [0.29, 0.717) is 0 Å². The topological polar surface area (TPSA) is 25.2 Å². The lowest BCUT2D eigenvalue weighted by molar-refractivity contribution is 0.669. The van der Waals surface area contributed by atoms with Crippen molar-refractivity contribution in [2.45, 2.75) is 0 Å². The fraction of sp³-hybridized carbons (Fsp3) is 0. The van der Waals surface area contributed by atoms with Gasteiger partial charge in [0.05, 0.1) is 11.1 Å². The summed E-state index contributed by atoms with van der Waals surface area (Å²) in [5.74, 6) is 0. The number of hydrogen-bond acceptors (Lipinski definition) is 2. The SMILES string of the molecule is c1ccc(Nc2cccc3oc4ccc(-c5cccc6ccccc56)cc4c23)cc1. The third-order valence-electron chi connectivity index (χ3n) is 5.65. The largest absolute Gasteiger partial charge is 0.456 e. The van der Waals surface area contributed by atoms with Gasteiger partial charge in [-0.15, -0.1) is 0 Å². The van der Waals surface area contributed by atoms with Crippen LogP contribution in [0.2, 0.25) is 0 Å². The summed E-state index contributed by atoms with van der Waals surface area (Å²) in [6, 6.07) is 37.9. The van der Waals surface area contributed by atoms with Crippen molar-refractivity contribution in [2.75, 3.05) is 5.32 Å². The molecule has 1 aromatic heterocycles. The lowest BCUT2D eigenvalue weighted by atomic mass is 9.97. The van der Waals surface area contributed by atoms with Crippen LogP contribution >= 0.6 is 0 Å². The second kappa shape index (κ2) is 6.78. The van der Waals surface area contributed by atoms with Gasteiger partial charge in [-0.2, -0.15) is 0 Å². The maximum atomic E-state index is 6.17. The van der Waals surface area contributed by atoms with Crippen molar-refractivity contribution < 1.29 is 4.42 Å². The highest BCUT2D eigenvalue weighted by Gasteiger charge is 2.13. The zero-order chi connectivity index (χ0) is 19.9. The summed E-state index contributed by atoms with van der Waals surface area (Å²) in [7, 11) is 0. The first-order chi connectivity index (χ1) is 14.9. The second-order valence-electron chi connectivity index (χ2n) is 7.51. The van der Waals surface area contributed by atoms with Crippen molar-refractivity contribution in [1.29, 1.82) is 0 Å². The molecule has 0 spiro atoms. The van der Waals surface area contributed by atoms with E-state index >= 15 is 0 Å². The molecule has 0 saturated heterocycles. The van der Waals surface area contributed by atoms with Crippen LogP contribution in [0.1, 0.15) is 0 Å². The minimum absolute atomic E-state index is 0.890. The van der Waals surface area contributed by atoms with E-state index < -0.39 is 0 Å². The Kier molecular flexibility index (Phi) is 3.82. The molecule has 1 N–H and O–H groups in total. The van der Waals surface area contributed by atoms with Crippen LogP contribution < -0.4 is 5.32 Å². The third kappa shape index (κ3) is 2.73. The Labute approximate surface area is 174 Å². The fourth-order valence-corrected chi connectivity index (χ4v) is 4.25. The molecule has 6 rings (SSSR count). The Morgan fingerprint density at radius 1 is 0.567 bits per heavy atom. The number of fused-ring (bicyclic) bond motifs is 4. The van der Waals surface area contributed by atoms with Crippen LogP contribution in [0.15, 0.2) is 114 Å². The highest BCUT2D eigenvalue weighted by molar-refractivity contribution is 6.13. The molecule has 0 aliphatic heterocycles. The van der Waals surface area contributed by atoms with Crippen LogP contribution in [-0.4, -0.2) is 0 Å². The van der Waals surface area contributed by atoms with E-state index in [9.17, 15) is 0 Å². The Hall–Kier alpha value is -4.04. The summed E-state index contributed by atoms with van der Waals surface area (Å²) in [6.07, 6.45) is 0. The molecule has 1 heterocycles. The van der Waals surface area contributed by atoms with Gasteiger partial charge in [0.2, 0.25) is 0 Å². The van der Waals surface area contributed by atoms with Gasteiger partial charge in [-0.05, 0) is 58.3 Å². The van der Waals surface area contributed by atoms with E-state index in [1.165, 1.54) is 21.9 Å². The van der Waals surface area contributed by atoms with Crippen LogP contribution in [0, 0.1) is 0 Å². The molecular formula is C28H19NO. The Morgan fingerprint density at radius 3 is 2.30 bits per heavy atom. The standard InChI is InChI=1S/C28H19NO/c1-2-10-21(11-3-1)29-25-14-7-15-27-28(25)24-18-20(16-17-26(24)30-27)23-13-6-9-19-8-4-5-12-22(19)23/h1-18,29H. The maximum Gasteiger partial charge on any atom is 0.137 e. The van der Waals surface area contributed by atoms with Crippen molar-refractivity contribution in [3.05, 3.63) is 109 Å². The molecule has 2 nitrogen and oxygen atoms in total. The summed E-state index contributed by atoms with van der Waals surface area (Å²) in [6.45, 7) is 0. The van der Waals surface area contributed by atoms with Crippen LogP contribution in [-0.2, 0) is 0 Å². The predicted molar refractivity (Wildman–Crippen MR) is 126 cm³/mol. The van der Waals surface area contributed by atoms with Gasteiger partial charge < -0.3 is 9.73 Å². The molecule has 0 saturated carbocycles. The maximum absolute atomic E-state index is 6.17. The van der Waals surface area contributed by atoms with E-state index in [2.05, 4.69) is 84.2 Å². The number of nitrogens with one attached hydrogen (secondary N) is 1. The van der Waals surface area contributed by atoms with Gasteiger partial charge in [-0.1, -0.05) is 72.8 Å². The normalized spacial score (nSPS) is 11.3. The van der Waals surface area contributed by atoms with Gasteiger partial charge in [0.15, 0.2) is 0 Å². The number of benzene rings is 5. The average Bonchev–Trinajstić information content (AvgIpc) is 3.18. The third-order valence-corrected chi connectivity index (χ3v) is 5.65. The monoisotopic (exact) mass is 385 g/mol. The molecule has 0 aliphatic rings. The summed E-state index contributed by atoms with van der Waals surface area (Å²) in [5.41, 5.74) is 6.32. The lowest BCUT2D eigenvalue weighted by Gasteiger charge is -2.09. The summed E-state index contributed by atoms with van der Waals surface area (Å²) in [5, 5.41) is 8.29. The van der Waals surface area contributed by atoms with Crippen molar-refractivity contribution in [3.63, 3.8) is 0 Å². The molecule has 142 valence electrons. The number of anilines is 2. The van der Waals surface area contributed by atoms with Crippen LogP contribution in [0.5, 0.6) is 0 Å².